The SMILES string of the molecule is CCOC(=O)c1ccc(-c2ccc(C=NNC(=O)c3ccoc3C)o2)cc1. The average molecular weight is 366 g/mol. The molecule has 138 valence electrons. The summed E-state index contributed by atoms with van der Waals surface area (Å²) < 4.78 is 15.7. The molecule has 2 heterocycles. The van der Waals surface area contributed by atoms with E-state index in [9.17, 15) is 9.59 Å². The summed E-state index contributed by atoms with van der Waals surface area (Å²) in [7, 11) is 0. The molecule has 0 radical (unpaired) electrons. The first-order valence-electron chi connectivity index (χ1n) is 8.33. The molecule has 1 aromatic carbocycles. The van der Waals surface area contributed by atoms with Gasteiger partial charge in [0.25, 0.3) is 5.91 Å². The fraction of sp³-hybridized carbons (Fsp3) is 0.150. The van der Waals surface area contributed by atoms with E-state index in [4.69, 9.17) is 13.6 Å². The van der Waals surface area contributed by atoms with Crippen molar-refractivity contribution in [2.75, 3.05) is 6.61 Å². The lowest BCUT2D eigenvalue weighted by molar-refractivity contribution is 0.0526. The molecule has 2 aromatic heterocycles. The number of carbonyl (C=O) groups is 2. The van der Waals surface area contributed by atoms with Crippen LogP contribution in [-0.2, 0) is 4.74 Å². The molecule has 3 aromatic rings. The first-order chi connectivity index (χ1) is 13.1. The Morgan fingerprint density at radius 3 is 2.59 bits per heavy atom. The second kappa shape index (κ2) is 8.18. The van der Waals surface area contributed by atoms with Crippen LogP contribution in [0.3, 0.4) is 0 Å². The molecule has 3 rings (SSSR count). The minimum Gasteiger partial charge on any atom is -0.469 e. The monoisotopic (exact) mass is 366 g/mol. The molecule has 0 aliphatic carbocycles. The largest absolute Gasteiger partial charge is 0.469 e. The lowest BCUT2D eigenvalue weighted by Crippen LogP contribution is -2.17. The first-order valence-corrected chi connectivity index (χ1v) is 8.33. The van der Waals surface area contributed by atoms with Crippen LogP contribution in [0.15, 0.2) is 62.7 Å². The number of amides is 1. The van der Waals surface area contributed by atoms with Crippen LogP contribution in [0.25, 0.3) is 11.3 Å². The number of aryl methyl sites for hydroxylation is 1. The molecule has 7 nitrogen and oxygen atoms in total. The Kier molecular flexibility index (Phi) is 5.51. The highest BCUT2D eigenvalue weighted by Gasteiger charge is 2.10. The van der Waals surface area contributed by atoms with E-state index in [0.717, 1.165) is 5.56 Å². The van der Waals surface area contributed by atoms with Gasteiger partial charge >= 0.3 is 5.97 Å². The molecule has 0 saturated heterocycles. The quantitative estimate of drug-likeness (QED) is 0.407. The van der Waals surface area contributed by atoms with Crippen molar-refractivity contribution in [2.45, 2.75) is 13.8 Å². The van der Waals surface area contributed by atoms with Gasteiger partial charge in [-0.15, -0.1) is 0 Å². The van der Waals surface area contributed by atoms with E-state index < -0.39 is 0 Å². The van der Waals surface area contributed by atoms with Crippen molar-refractivity contribution in [2.24, 2.45) is 5.10 Å². The number of hydrazone groups is 1. The zero-order valence-electron chi connectivity index (χ0n) is 14.9. The van der Waals surface area contributed by atoms with Crippen molar-refractivity contribution in [3.05, 3.63) is 71.4 Å². The number of ether oxygens (including phenoxy) is 1. The molecule has 0 unspecified atom stereocenters. The maximum atomic E-state index is 11.9. The lowest BCUT2D eigenvalue weighted by Gasteiger charge is -2.02. The van der Waals surface area contributed by atoms with Gasteiger partial charge in [0.15, 0.2) is 0 Å². The van der Waals surface area contributed by atoms with E-state index in [0.29, 0.717) is 35.0 Å². The molecular weight excluding hydrogens is 348 g/mol. The molecule has 7 heteroatoms. The molecule has 0 fully saturated rings. The minimum atomic E-state index is -0.362. The molecule has 0 atom stereocenters. The summed E-state index contributed by atoms with van der Waals surface area (Å²) >= 11 is 0. The predicted molar refractivity (Wildman–Crippen MR) is 98.6 cm³/mol. The summed E-state index contributed by atoms with van der Waals surface area (Å²) in [6.07, 6.45) is 2.85. The predicted octanol–water partition coefficient (Wildman–Crippen LogP) is 3.79. The number of nitrogens with one attached hydrogen (secondary N) is 1. The summed E-state index contributed by atoms with van der Waals surface area (Å²) in [5, 5.41) is 3.88. The van der Waals surface area contributed by atoms with E-state index in [1.807, 2.05) is 0 Å². The van der Waals surface area contributed by atoms with Crippen LogP contribution in [0, 0.1) is 6.92 Å². The van der Waals surface area contributed by atoms with Gasteiger partial charge in [-0.3, -0.25) is 4.79 Å². The molecule has 0 aliphatic heterocycles. The van der Waals surface area contributed by atoms with Crippen molar-refractivity contribution >= 4 is 18.1 Å². The smallest absolute Gasteiger partial charge is 0.338 e. The summed E-state index contributed by atoms with van der Waals surface area (Å²) in [6.45, 7) is 3.79. The Hall–Kier alpha value is -3.61. The van der Waals surface area contributed by atoms with Gasteiger partial charge in [0.1, 0.15) is 17.3 Å². The van der Waals surface area contributed by atoms with Gasteiger partial charge in [-0.1, -0.05) is 12.1 Å². The third-order valence-corrected chi connectivity index (χ3v) is 3.77. The molecule has 0 aliphatic rings. The normalized spacial score (nSPS) is 10.9. The Morgan fingerprint density at radius 1 is 1.15 bits per heavy atom. The Labute approximate surface area is 155 Å². The van der Waals surface area contributed by atoms with Gasteiger partial charge in [-0.25, -0.2) is 10.2 Å². The molecular formula is C20H18N2O5. The summed E-state index contributed by atoms with van der Waals surface area (Å²) in [5.41, 5.74) is 4.12. The summed E-state index contributed by atoms with van der Waals surface area (Å²) in [4.78, 5) is 23.6. The Morgan fingerprint density at radius 2 is 1.93 bits per heavy atom. The molecule has 27 heavy (non-hydrogen) atoms. The van der Waals surface area contributed by atoms with E-state index >= 15 is 0 Å². The second-order valence-corrected chi connectivity index (χ2v) is 5.59. The van der Waals surface area contributed by atoms with E-state index in [2.05, 4.69) is 10.5 Å². The van der Waals surface area contributed by atoms with Crippen LogP contribution in [-0.4, -0.2) is 24.7 Å². The number of benzene rings is 1. The van der Waals surface area contributed by atoms with Crippen LogP contribution in [0.5, 0.6) is 0 Å². The highest BCUT2D eigenvalue weighted by Crippen LogP contribution is 2.22. The van der Waals surface area contributed by atoms with E-state index in [1.165, 1.54) is 12.5 Å². The number of rotatable bonds is 6. The number of hydrogen-bond donors (Lipinski definition) is 1. The van der Waals surface area contributed by atoms with Crippen molar-refractivity contribution in [3.63, 3.8) is 0 Å². The van der Waals surface area contributed by atoms with Gasteiger partial charge in [0.05, 0.1) is 30.2 Å². The van der Waals surface area contributed by atoms with Crippen molar-refractivity contribution in [1.82, 2.24) is 5.43 Å². The van der Waals surface area contributed by atoms with Crippen LogP contribution in [0.1, 0.15) is 39.2 Å². The van der Waals surface area contributed by atoms with Crippen molar-refractivity contribution in [1.29, 1.82) is 0 Å². The number of hydrogen-bond acceptors (Lipinski definition) is 6. The van der Waals surface area contributed by atoms with Crippen LogP contribution in [0.2, 0.25) is 0 Å². The number of furan rings is 2. The summed E-state index contributed by atoms with van der Waals surface area (Å²) in [6, 6.07) is 12.0. The fourth-order valence-electron chi connectivity index (χ4n) is 2.40. The highest BCUT2D eigenvalue weighted by molar-refractivity contribution is 5.95. The lowest BCUT2D eigenvalue weighted by atomic mass is 10.1. The maximum Gasteiger partial charge on any atom is 0.338 e. The average Bonchev–Trinajstić information content (AvgIpc) is 3.31. The van der Waals surface area contributed by atoms with Crippen LogP contribution < -0.4 is 5.43 Å². The second-order valence-electron chi connectivity index (χ2n) is 5.59. The molecule has 0 bridgehead atoms. The fourth-order valence-corrected chi connectivity index (χ4v) is 2.40. The first kappa shape index (κ1) is 18.2. The molecule has 1 amide bonds. The van der Waals surface area contributed by atoms with E-state index in [-0.39, 0.29) is 11.9 Å². The zero-order chi connectivity index (χ0) is 19.2. The molecule has 0 spiro atoms. The number of carbonyl (C=O) groups excluding carboxylic acids is 2. The van der Waals surface area contributed by atoms with Gasteiger partial charge < -0.3 is 13.6 Å². The Bertz CT molecular complexity index is 966. The van der Waals surface area contributed by atoms with Crippen LogP contribution in [0.4, 0.5) is 0 Å². The minimum absolute atomic E-state index is 0.332. The summed E-state index contributed by atoms with van der Waals surface area (Å²) in [5.74, 6) is 0.889. The van der Waals surface area contributed by atoms with Gasteiger partial charge in [0, 0.05) is 5.56 Å². The van der Waals surface area contributed by atoms with E-state index in [1.54, 1.807) is 56.3 Å². The third kappa shape index (κ3) is 4.33. The van der Waals surface area contributed by atoms with Crippen LogP contribution >= 0.6 is 0 Å². The Balaban J connectivity index is 1.63. The standard InChI is InChI=1S/C20H18N2O5/c1-3-25-20(24)15-6-4-14(5-7-15)18-9-8-16(27-18)12-21-22-19(23)17-10-11-26-13(17)2/h4-12H,3H2,1-2H3,(H,22,23). The topological polar surface area (TPSA) is 94.0 Å². The number of esters is 1. The van der Waals surface area contributed by atoms with Gasteiger partial charge in [-0.2, -0.15) is 5.10 Å². The van der Waals surface area contributed by atoms with Gasteiger partial charge in [0.2, 0.25) is 0 Å². The van der Waals surface area contributed by atoms with Crippen molar-refractivity contribution in [3.8, 4) is 11.3 Å². The number of nitrogens with zero attached hydrogens (tertiary/aromatic N) is 1. The van der Waals surface area contributed by atoms with Gasteiger partial charge in [-0.05, 0) is 44.2 Å². The zero-order valence-corrected chi connectivity index (χ0v) is 14.9. The van der Waals surface area contributed by atoms with Crippen molar-refractivity contribution < 1.29 is 23.2 Å². The third-order valence-electron chi connectivity index (χ3n) is 3.77. The highest BCUT2D eigenvalue weighted by atomic mass is 16.5. The maximum absolute atomic E-state index is 11.9. The molecule has 0 saturated carbocycles. The molecule has 1 N–H and O–H groups in total.